The first-order valence-electron chi connectivity index (χ1n) is 7.23. The molecule has 114 valence electrons. The molecule has 2 rings (SSSR count). The molecule has 1 aromatic carbocycles. The molecule has 1 saturated heterocycles. The SMILES string of the molecule is CC(=O)N1CCN(CC(=O)N(C)C)C[C@H]1c1ccccc1. The van der Waals surface area contributed by atoms with Crippen LogP contribution in [0.15, 0.2) is 30.3 Å². The zero-order chi connectivity index (χ0) is 15.4. The first-order valence-corrected chi connectivity index (χ1v) is 7.23. The lowest BCUT2D eigenvalue weighted by Gasteiger charge is -2.41. The van der Waals surface area contributed by atoms with Gasteiger partial charge >= 0.3 is 0 Å². The van der Waals surface area contributed by atoms with E-state index in [1.807, 2.05) is 35.2 Å². The molecule has 21 heavy (non-hydrogen) atoms. The van der Waals surface area contributed by atoms with Crippen LogP contribution in [0.25, 0.3) is 0 Å². The minimum absolute atomic E-state index is 0.0208. The van der Waals surface area contributed by atoms with Gasteiger partial charge in [-0.05, 0) is 5.56 Å². The lowest BCUT2D eigenvalue weighted by Crippen LogP contribution is -2.52. The van der Waals surface area contributed by atoms with Gasteiger partial charge in [-0.25, -0.2) is 0 Å². The lowest BCUT2D eigenvalue weighted by atomic mass is 10.0. The fourth-order valence-corrected chi connectivity index (χ4v) is 2.65. The number of piperazine rings is 1. The van der Waals surface area contributed by atoms with Crippen molar-refractivity contribution in [2.75, 3.05) is 40.3 Å². The number of rotatable bonds is 3. The Bertz CT molecular complexity index is 502. The van der Waals surface area contributed by atoms with Crippen LogP contribution < -0.4 is 0 Å². The van der Waals surface area contributed by atoms with Gasteiger partial charge in [0, 0.05) is 40.7 Å². The predicted octanol–water partition coefficient (Wildman–Crippen LogP) is 0.980. The Morgan fingerprint density at radius 1 is 1.19 bits per heavy atom. The van der Waals surface area contributed by atoms with Crippen molar-refractivity contribution in [3.8, 4) is 0 Å². The van der Waals surface area contributed by atoms with Crippen LogP contribution in [-0.4, -0.2) is 66.8 Å². The monoisotopic (exact) mass is 289 g/mol. The van der Waals surface area contributed by atoms with Crippen LogP contribution in [0, 0.1) is 0 Å². The van der Waals surface area contributed by atoms with Crippen molar-refractivity contribution in [1.29, 1.82) is 0 Å². The molecule has 1 aliphatic rings. The van der Waals surface area contributed by atoms with E-state index in [-0.39, 0.29) is 17.9 Å². The fourth-order valence-electron chi connectivity index (χ4n) is 2.65. The van der Waals surface area contributed by atoms with Crippen LogP contribution in [-0.2, 0) is 9.59 Å². The molecule has 0 saturated carbocycles. The first kappa shape index (κ1) is 15.5. The molecule has 5 heteroatoms. The zero-order valence-corrected chi connectivity index (χ0v) is 13.0. The average Bonchev–Trinajstić information content (AvgIpc) is 2.47. The van der Waals surface area contributed by atoms with E-state index < -0.39 is 0 Å². The minimum atomic E-state index is 0.0208. The third-order valence-electron chi connectivity index (χ3n) is 3.91. The van der Waals surface area contributed by atoms with Gasteiger partial charge in [0.25, 0.3) is 0 Å². The lowest BCUT2D eigenvalue weighted by molar-refractivity contribution is -0.135. The molecule has 0 unspecified atom stereocenters. The minimum Gasteiger partial charge on any atom is -0.348 e. The van der Waals surface area contributed by atoms with Crippen molar-refractivity contribution in [2.45, 2.75) is 13.0 Å². The molecule has 1 aromatic rings. The summed E-state index contributed by atoms with van der Waals surface area (Å²) in [6.07, 6.45) is 0. The Balaban J connectivity index is 2.13. The van der Waals surface area contributed by atoms with Crippen LogP contribution >= 0.6 is 0 Å². The van der Waals surface area contributed by atoms with Crippen LogP contribution in [0.2, 0.25) is 0 Å². The second-order valence-electron chi connectivity index (χ2n) is 5.66. The maximum Gasteiger partial charge on any atom is 0.236 e. The van der Waals surface area contributed by atoms with Gasteiger partial charge in [-0.3, -0.25) is 14.5 Å². The summed E-state index contributed by atoms with van der Waals surface area (Å²) in [4.78, 5) is 29.4. The summed E-state index contributed by atoms with van der Waals surface area (Å²) in [6, 6.07) is 10.0. The number of hydrogen-bond donors (Lipinski definition) is 0. The summed E-state index contributed by atoms with van der Waals surface area (Å²) in [6.45, 7) is 4.11. The third-order valence-corrected chi connectivity index (χ3v) is 3.91. The largest absolute Gasteiger partial charge is 0.348 e. The van der Waals surface area contributed by atoms with Gasteiger partial charge in [-0.2, -0.15) is 0 Å². The van der Waals surface area contributed by atoms with Crippen molar-refractivity contribution >= 4 is 11.8 Å². The highest BCUT2D eigenvalue weighted by molar-refractivity contribution is 5.78. The molecule has 1 atom stereocenters. The smallest absolute Gasteiger partial charge is 0.236 e. The molecule has 0 bridgehead atoms. The number of carbonyl (C=O) groups is 2. The predicted molar refractivity (Wildman–Crippen MR) is 81.7 cm³/mol. The topological polar surface area (TPSA) is 43.9 Å². The molecule has 1 fully saturated rings. The molecule has 0 spiro atoms. The molecule has 0 N–H and O–H groups in total. The van der Waals surface area contributed by atoms with Crippen molar-refractivity contribution < 1.29 is 9.59 Å². The Morgan fingerprint density at radius 2 is 1.86 bits per heavy atom. The average molecular weight is 289 g/mol. The van der Waals surface area contributed by atoms with Crippen molar-refractivity contribution in [3.05, 3.63) is 35.9 Å². The van der Waals surface area contributed by atoms with E-state index in [0.29, 0.717) is 19.6 Å². The van der Waals surface area contributed by atoms with Gasteiger partial charge in [-0.15, -0.1) is 0 Å². The summed E-state index contributed by atoms with van der Waals surface area (Å²) in [5, 5.41) is 0. The second kappa shape index (κ2) is 6.72. The number of amides is 2. The molecule has 2 amide bonds. The summed E-state index contributed by atoms with van der Waals surface area (Å²) in [7, 11) is 3.53. The highest BCUT2D eigenvalue weighted by Crippen LogP contribution is 2.25. The van der Waals surface area contributed by atoms with E-state index in [9.17, 15) is 9.59 Å². The molecular formula is C16H23N3O2. The molecule has 0 aromatic heterocycles. The van der Waals surface area contributed by atoms with Gasteiger partial charge in [0.2, 0.25) is 11.8 Å². The number of benzene rings is 1. The number of hydrogen-bond acceptors (Lipinski definition) is 3. The van der Waals surface area contributed by atoms with E-state index >= 15 is 0 Å². The molecule has 5 nitrogen and oxygen atoms in total. The zero-order valence-electron chi connectivity index (χ0n) is 13.0. The van der Waals surface area contributed by atoms with E-state index in [0.717, 1.165) is 12.1 Å². The summed E-state index contributed by atoms with van der Waals surface area (Å²) < 4.78 is 0. The van der Waals surface area contributed by atoms with Crippen molar-refractivity contribution in [1.82, 2.24) is 14.7 Å². The maximum atomic E-state index is 11.9. The Kier molecular flexibility index (Phi) is 4.96. The van der Waals surface area contributed by atoms with Gasteiger partial charge < -0.3 is 9.80 Å². The standard InChI is InChI=1S/C16H23N3O2/c1-13(20)19-10-9-18(12-16(21)17(2)3)11-15(19)14-7-5-4-6-8-14/h4-8,15H,9-12H2,1-3H3/t15-/m0/s1. The van der Waals surface area contributed by atoms with Crippen molar-refractivity contribution in [3.63, 3.8) is 0 Å². The summed E-state index contributed by atoms with van der Waals surface area (Å²) in [5.74, 6) is 0.181. The van der Waals surface area contributed by atoms with Crippen LogP contribution in [0.3, 0.4) is 0 Å². The number of nitrogens with zero attached hydrogens (tertiary/aromatic N) is 3. The summed E-state index contributed by atoms with van der Waals surface area (Å²) in [5.41, 5.74) is 1.12. The van der Waals surface area contributed by atoms with Crippen LogP contribution in [0.1, 0.15) is 18.5 Å². The van der Waals surface area contributed by atoms with E-state index in [1.54, 1.807) is 25.9 Å². The van der Waals surface area contributed by atoms with Gasteiger partial charge in [0.15, 0.2) is 0 Å². The van der Waals surface area contributed by atoms with Gasteiger partial charge in [-0.1, -0.05) is 30.3 Å². The molecule has 1 aliphatic heterocycles. The Labute approximate surface area is 126 Å². The highest BCUT2D eigenvalue weighted by atomic mass is 16.2. The molecule has 1 heterocycles. The number of carbonyl (C=O) groups excluding carboxylic acids is 2. The fraction of sp³-hybridized carbons (Fsp3) is 0.500. The Hall–Kier alpha value is -1.88. The first-order chi connectivity index (χ1) is 9.99. The van der Waals surface area contributed by atoms with Gasteiger partial charge in [0.05, 0.1) is 12.6 Å². The normalized spacial score (nSPS) is 19.4. The molecule has 0 radical (unpaired) electrons. The molecular weight excluding hydrogens is 266 g/mol. The summed E-state index contributed by atoms with van der Waals surface area (Å²) >= 11 is 0. The van der Waals surface area contributed by atoms with E-state index in [2.05, 4.69) is 4.90 Å². The van der Waals surface area contributed by atoms with Crippen LogP contribution in [0.5, 0.6) is 0 Å². The van der Waals surface area contributed by atoms with Crippen molar-refractivity contribution in [2.24, 2.45) is 0 Å². The second-order valence-corrected chi connectivity index (χ2v) is 5.66. The molecule has 0 aliphatic carbocycles. The quantitative estimate of drug-likeness (QED) is 0.833. The van der Waals surface area contributed by atoms with E-state index in [4.69, 9.17) is 0 Å². The maximum absolute atomic E-state index is 11.9. The highest BCUT2D eigenvalue weighted by Gasteiger charge is 2.30. The van der Waals surface area contributed by atoms with E-state index in [1.165, 1.54) is 0 Å². The van der Waals surface area contributed by atoms with Crippen LogP contribution in [0.4, 0.5) is 0 Å². The Morgan fingerprint density at radius 3 is 2.43 bits per heavy atom. The third kappa shape index (κ3) is 3.82. The van der Waals surface area contributed by atoms with Gasteiger partial charge in [0.1, 0.15) is 0 Å². The number of likely N-dealkylation sites (N-methyl/N-ethyl adjacent to an activating group) is 1.